The molecule has 2 bridgehead atoms. The average molecular weight is 537 g/mol. The molecule has 3 aromatic heterocycles. The third-order valence-corrected chi connectivity index (χ3v) is 6.89. The van der Waals surface area contributed by atoms with Gasteiger partial charge < -0.3 is 19.5 Å². The Labute approximate surface area is 212 Å². The number of aromatic nitrogens is 5. The smallest absolute Gasteiger partial charge is 0.455 e. The second kappa shape index (κ2) is 9.68. The molecule has 15 heteroatoms. The zero-order valence-corrected chi connectivity index (χ0v) is 20.3. The summed E-state index contributed by atoms with van der Waals surface area (Å²) in [6.45, 7) is 1.45. The molecule has 2 N–H and O–H groups in total. The molecule has 5 heterocycles. The van der Waals surface area contributed by atoms with Crippen LogP contribution in [0.15, 0.2) is 22.9 Å². The van der Waals surface area contributed by atoms with Crippen molar-refractivity contribution in [2.45, 2.75) is 56.9 Å². The van der Waals surface area contributed by atoms with Gasteiger partial charge in [0.25, 0.3) is 11.7 Å². The minimum atomic E-state index is -4.75. The summed E-state index contributed by atoms with van der Waals surface area (Å²) in [6.07, 6.45) is -1.58. The number of pyridine rings is 1. The highest BCUT2D eigenvalue weighted by molar-refractivity contribution is 5.94. The Balaban J connectivity index is 1.24. The Hall–Kier alpha value is -4.04. The molecule has 0 aliphatic carbocycles. The van der Waals surface area contributed by atoms with E-state index in [1.165, 1.54) is 26.2 Å². The van der Waals surface area contributed by atoms with E-state index in [9.17, 15) is 27.2 Å². The first kappa shape index (κ1) is 25.6. The number of alkyl halides is 3. The largest absolute Gasteiger partial charge is 0.481 e. The maximum absolute atomic E-state index is 14.3. The van der Waals surface area contributed by atoms with Crippen molar-refractivity contribution < 1.29 is 36.4 Å². The number of fused-ring (bicyclic) bond motifs is 2. The second-order valence-corrected chi connectivity index (χ2v) is 9.32. The molecule has 2 saturated heterocycles. The van der Waals surface area contributed by atoms with E-state index in [0.29, 0.717) is 25.7 Å². The van der Waals surface area contributed by atoms with Crippen LogP contribution in [0.1, 0.15) is 60.9 Å². The van der Waals surface area contributed by atoms with Crippen LogP contribution < -0.4 is 10.1 Å². The lowest BCUT2D eigenvalue weighted by Gasteiger charge is -2.38. The molecule has 2 aliphatic heterocycles. The van der Waals surface area contributed by atoms with E-state index in [1.54, 1.807) is 4.90 Å². The maximum Gasteiger partial charge on any atom is 0.455 e. The summed E-state index contributed by atoms with van der Waals surface area (Å²) in [7, 11) is 1.40. The van der Waals surface area contributed by atoms with Gasteiger partial charge in [0.15, 0.2) is 11.5 Å². The zero-order chi connectivity index (χ0) is 27.2. The fourth-order valence-corrected chi connectivity index (χ4v) is 5.08. The van der Waals surface area contributed by atoms with Crippen molar-refractivity contribution in [3.8, 4) is 17.1 Å². The highest BCUT2D eigenvalue weighted by Gasteiger charge is 2.46. The van der Waals surface area contributed by atoms with Crippen LogP contribution in [0, 0.1) is 11.7 Å². The first-order valence-corrected chi connectivity index (χ1v) is 11.8. The Bertz CT molecular complexity index is 1340. The van der Waals surface area contributed by atoms with Crippen LogP contribution in [0.2, 0.25) is 0 Å². The highest BCUT2D eigenvalue weighted by Crippen LogP contribution is 2.40. The second-order valence-electron chi connectivity index (χ2n) is 9.32. The zero-order valence-electron chi connectivity index (χ0n) is 20.3. The van der Waals surface area contributed by atoms with Crippen LogP contribution in [0.5, 0.6) is 5.88 Å². The molecule has 1 unspecified atom stereocenters. The van der Waals surface area contributed by atoms with Gasteiger partial charge in [-0.3, -0.25) is 14.7 Å². The van der Waals surface area contributed by atoms with Crippen molar-refractivity contribution in [1.82, 2.24) is 35.5 Å². The fourth-order valence-electron chi connectivity index (χ4n) is 5.08. The first-order chi connectivity index (χ1) is 18.0. The lowest BCUT2D eigenvalue weighted by molar-refractivity contribution is -0.146. The van der Waals surface area contributed by atoms with E-state index < -0.39 is 29.8 Å². The Kier molecular flexibility index (Phi) is 6.53. The van der Waals surface area contributed by atoms with Crippen LogP contribution in [-0.2, 0) is 11.0 Å². The predicted molar refractivity (Wildman–Crippen MR) is 120 cm³/mol. The van der Waals surface area contributed by atoms with Crippen LogP contribution in [-0.4, -0.2) is 61.2 Å². The van der Waals surface area contributed by atoms with Gasteiger partial charge in [-0.25, -0.2) is 9.37 Å². The lowest BCUT2D eigenvalue weighted by atomic mass is 9.89. The monoisotopic (exact) mass is 537 g/mol. The van der Waals surface area contributed by atoms with E-state index in [2.05, 4.69) is 35.2 Å². The number of halogens is 4. The number of ether oxygens (including phenoxy) is 1. The Morgan fingerprint density at radius 1 is 1.24 bits per heavy atom. The van der Waals surface area contributed by atoms with E-state index in [4.69, 9.17) is 4.74 Å². The van der Waals surface area contributed by atoms with Gasteiger partial charge in [0.1, 0.15) is 6.04 Å². The Morgan fingerprint density at radius 3 is 2.58 bits per heavy atom. The summed E-state index contributed by atoms with van der Waals surface area (Å²) in [6, 6.07) is 1.50. The number of nitrogens with one attached hydrogen (secondary N) is 2. The minimum absolute atomic E-state index is 0.112. The van der Waals surface area contributed by atoms with E-state index in [-0.39, 0.29) is 52.6 Å². The van der Waals surface area contributed by atoms with E-state index in [1.807, 2.05) is 0 Å². The standard InChI is InChI=1S/C23H23F4N7O4/c1-10(20-30-22(33-38-20)23(25,26)27)29-19(35)11-5-12-3-4-13(6-11)34(12)21(36)17-8-16(31-32-17)14-7-18(37-2)28-9-15(14)24/h7-13H,3-6H2,1-2H3,(H,29,35)(H,31,32)/t10-,11?,12-,13+/m0/s1. The van der Waals surface area contributed by atoms with Crippen molar-refractivity contribution in [2.24, 2.45) is 5.92 Å². The summed E-state index contributed by atoms with van der Waals surface area (Å²) < 4.78 is 62.2. The van der Waals surface area contributed by atoms with Gasteiger partial charge in [0.2, 0.25) is 17.7 Å². The summed E-state index contributed by atoms with van der Waals surface area (Å²) >= 11 is 0. The summed E-state index contributed by atoms with van der Waals surface area (Å²) in [5.41, 5.74) is 0.553. The number of amides is 2. The highest BCUT2D eigenvalue weighted by atomic mass is 19.4. The molecule has 2 fully saturated rings. The van der Waals surface area contributed by atoms with Crippen LogP contribution >= 0.6 is 0 Å². The number of aromatic amines is 1. The van der Waals surface area contributed by atoms with Crippen LogP contribution in [0.4, 0.5) is 17.6 Å². The summed E-state index contributed by atoms with van der Waals surface area (Å²) in [5, 5.41) is 12.3. The number of hydrogen-bond acceptors (Lipinski definition) is 8. The van der Waals surface area contributed by atoms with E-state index >= 15 is 0 Å². The molecule has 11 nitrogen and oxygen atoms in total. The van der Waals surface area contributed by atoms with Crippen molar-refractivity contribution >= 4 is 11.8 Å². The quantitative estimate of drug-likeness (QED) is 0.457. The van der Waals surface area contributed by atoms with Gasteiger partial charge >= 0.3 is 6.18 Å². The number of carbonyl (C=O) groups excluding carboxylic acids is 2. The van der Waals surface area contributed by atoms with Gasteiger partial charge in [-0.15, -0.1) is 0 Å². The fraction of sp³-hybridized carbons (Fsp3) is 0.478. The molecule has 0 radical (unpaired) electrons. The molecule has 2 aliphatic rings. The van der Waals surface area contributed by atoms with Crippen LogP contribution in [0.3, 0.4) is 0 Å². The molecular formula is C23H23F4N7O4. The number of rotatable bonds is 6. The van der Waals surface area contributed by atoms with Crippen molar-refractivity contribution in [3.63, 3.8) is 0 Å². The maximum atomic E-state index is 14.3. The predicted octanol–water partition coefficient (Wildman–Crippen LogP) is 3.28. The van der Waals surface area contributed by atoms with Gasteiger partial charge in [-0.2, -0.15) is 23.3 Å². The molecule has 38 heavy (non-hydrogen) atoms. The Morgan fingerprint density at radius 2 is 1.95 bits per heavy atom. The number of methoxy groups -OCH3 is 1. The average Bonchev–Trinajstić information content (AvgIpc) is 3.62. The molecule has 5 rings (SSSR count). The first-order valence-electron chi connectivity index (χ1n) is 11.8. The molecule has 0 aromatic carbocycles. The number of piperidine rings is 1. The number of H-pyrrole nitrogens is 1. The third-order valence-electron chi connectivity index (χ3n) is 6.89. The number of nitrogens with zero attached hydrogens (tertiary/aromatic N) is 5. The third kappa shape index (κ3) is 4.79. The van der Waals surface area contributed by atoms with Crippen molar-refractivity contribution in [1.29, 1.82) is 0 Å². The number of carbonyl (C=O) groups is 2. The SMILES string of the molecule is COc1cc(-c2cc(C(=O)N3[C@@H]4CC[C@H]3CC(C(=O)N[C@@H](C)c3nc(C(F)(F)F)no3)C4)n[nH]2)c(F)cn1. The molecule has 0 spiro atoms. The summed E-state index contributed by atoms with van der Waals surface area (Å²) in [5.74, 6) is -3.31. The molecule has 202 valence electrons. The minimum Gasteiger partial charge on any atom is -0.481 e. The summed E-state index contributed by atoms with van der Waals surface area (Å²) in [4.78, 5) is 35.1. The lowest BCUT2D eigenvalue weighted by Crippen LogP contribution is -2.49. The topological polar surface area (TPSA) is 139 Å². The normalized spacial score (nSPS) is 21.8. The number of hydrogen-bond donors (Lipinski definition) is 2. The van der Waals surface area contributed by atoms with Crippen molar-refractivity contribution in [3.05, 3.63) is 41.6 Å². The van der Waals surface area contributed by atoms with Gasteiger partial charge in [0.05, 0.1) is 19.0 Å². The molecule has 2 amide bonds. The van der Waals surface area contributed by atoms with Crippen LogP contribution in [0.25, 0.3) is 11.3 Å². The van der Waals surface area contributed by atoms with E-state index in [0.717, 1.165) is 6.20 Å². The van der Waals surface area contributed by atoms with Gasteiger partial charge in [-0.1, -0.05) is 5.16 Å². The van der Waals surface area contributed by atoms with Crippen molar-refractivity contribution in [2.75, 3.05) is 7.11 Å². The molecule has 0 saturated carbocycles. The van der Waals surface area contributed by atoms with Gasteiger partial charge in [0, 0.05) is 29.6 Å². The molecular weight excluding hydrogens is 514 g/mol. The molecule has 4 atom stereocenters. The van der Waals surface area contributed by atoms with Gasteiger partial charge in [-0.05, 0) is 38.7 Å². The molecule has 3 aromatic rings.